The van der Waals surface area contributed by atoms with Crippen LogP contribution in [-0.2, 0) is 0 Å². The number of benzene rings is 2. The molecule has 1 heterocycles. The van der Waals surface area contributed by atoms with Crippen LogP contribution in [0, 0.1) is 11.7 Å². The minimum Gasteiger partial charge on any atom is -0.406 e. The van der Waals surface area contributed by atoms with Gasteiger partial charge in [0.15, 0.2) is 0 Å². The van der Waals surface area contributed by atoms with Crippen LogP contribution in [0.4, 0.5) is 35.0 Å². The summed E-state index contributed by atoms with van der Waals surface area (Å²) in [5.74, 6) is -0.352. The van der Waals surface area contributed by atoms with Gasteiger partial charge in [-0.05, 0) is 36.2 Å². The van der Waals surface area contributed by atoms with Crippen molar-refractivity contribution in [3.63, 3.8) is 0 Å². The number of nitrogens with zero attached hydrogens (tertiary/aromatic N) is 2. The van der Waals surface area contributed by atoms with Crippen LogP contribution in [0.2, 0.25) is 0 Å². The van der Waals surface area contributed by atoms with Gasteiger partial charge in [0.1, 0.15) is 17.4 Å². The zero-order valence-corrected chi connectivity index (χ0v) is 17.3. The monoisotopic (exact) mass is 450 g/mol. The molecule has 3 rings (SSSR count). The van der Waals surface area contributed by atoms with E-state index in [4.69, 9.17) is 0 Å². The molecule has 32 heavy (non-hydrogen) atoms. The molecule has 3 aromatic rings. The first-order valence-corrected chi connectivity index (χ1v) is 9.78. The van der Waals surface area contributed by atoms with E-state index in [1.54, 1.807) is 12.1 Å². The Labute approximate surface area is 182 Å². The molecule has 0 unspecified atom stereocenters. The fraction of sp³-hybridized carbons (Fsp3) is 0.273. The minimum absolute atomic E-state index is 0.0513. The van der Waals surface area contributed by atoms with E-state index >= 15 is 0 Å². The third-order valence-corrected chi connectivity index (χ3v) is 4.50. The topological polar surface area (TPSA) is 79.3 Å². The van der Waals surface area contributed by atoms with Gasteiger partial charge < -0.3 is 20.5 Å². The SMILES string of the molecule is CC(C)[C@H](CO)Nc1nc(Nc2cccc(F)c2)cc(-c2cccc(OC(F)(F)F)c2)n1. The second kappa shape index (κ2) is 9.82. The quantitative estimate of drug-likeness (QED) is 0.402. The summed E-state index contributed by atoms with van der Waals surface area (Å²) in [6.07, 6.45) is -4.83. The number of aliphatic hydroxyl groups excluding tert-OH is 1. The zero-order chi connectivity index (χ0) is 23.3. The van der Waals surface area contributed by atoms with E-state index < -0.39 is 17.9 Å². The summed E-state index contributed by atoms with van der Waals surface area (Å²) >= 11 is 0. The lowest BCUT2D eigenvalue weighted by atomic mass is 10.1. The van der Waals surface area contributed by atoms with Crippen LogP contribution in [0.25, 0.3) is 11.3 Å². The number of hydrogen-bond donors (Lipinski definition) is 3. The standard InChI is InChI=1S/C22H22F4N4O2/c1-13(2)19(12-31)29-21-28-18(14-5-3-8-17(9-14)32-22(24,25)26)11-20(30-21)27-16-7-4-6-15(23)10-16/h3-11,13,19,31H,12H2,1-2H3,(H2,27,28,29,30)/t19-/m0/s1. The van der Waals surface area contributed by atoms with E-state index in [1.165, 1.54) is 42.5 Å². The van der Waals surface area contributed by atoms with Gasteiger partial charge in [0.05, 0.1) is 18.3 Å². The highest BCUT2D eigenvalue weighted by Crippen LogP contribution is 2.29. The fourth-order valence-corrected chi connectivity index (χ4v) is 2.88. The number of hydrogen-bond acceptors (Lipinski definition) is 6. The Morgan fingerprint density at radius 1 is 1.03 bits per heavy atom. The van der Waals surface area contributed by atoms with E-state index in [9.17, 15) is 22.7 Å². The van der Waals surface area contributed by atoms with Crippen molar-refractivity contribution in [3.8, 4) is 17.0 Å². The average Bonchev–Trinajstić information content (AvgIpc) is 2.70. The van der Waals surface area contributed by atoms with E-state index in [1.807, 2.05) is 13.8 Å². The third-order valence-electron chi connectivity index (χ3n) is 4.50. The van der Waals surface area contributed by atoms with E-state index in [0.717, 1.165) is 0 Å². The van der Waals surface area contributed by atoms with Crippen LogP contribution in [0.3, 0.4) is 0 Å². The number of anilines is 3. The van der Waals surface area contributed by atoms with E-state index in [0.29, 0.717) is 16.9 Å². The molecule has 3 N–H and O–H groups in total. The van der Waals surface area contributed by atoms with Gasteiger partial charge in [0.25, 0.3) is 0 Å². The molecule has 0 aliphatic heterocycles. The molecule has 170 valence electrons. The number of halogens is 4. The molecule has 0 spiro atoms. The number of aromatic nitrogens is 2. The maximum atomic E-state index is 13.6. The molecule has 1 aromatic heterocycles. The summed E-state index contributed by atoms with van der Waals surface area (Å²) in [4.78, 5) is 8.74. The number of ether oxygens (including phenoxy) is 1. The molecule has 6 nitrogen and oxygen atoms in total. The van der Waals surface area contributed by atoms with Crippen molar-refractivity contribution in [1.82, 2.24) is 9.97 Å². The van der Waals surface area contributed by atoms with Crippen molar-refractivity contribution in [1.29, 1.82) is 0 Å². The van der Waals surface area contributed by atoms with Crippen LogP contribution < -0.4 is 15.4 Å². The van der Waals surface area contributed by atoms with Gasteiger partial charge in [-0.3, -0.25) is 0 Å². The lowest BCUT2D eigenvalue weighted by molar-refractivity contribution is -0.274. The Hall–Kier alpha value is -3.40. The summed E-state index contributed by atoms with van der Waals surface area (Å²) in [6, 6.07) is 12.3. The summed E-state index contributed by atoms with van der Waals surface area (Å²) < 4.78 is 55.4. The minimum atomic E-state index is -4.83. The molecule has 0 bridgehead atoms. The van der Waals surface area contributed by atoms with Crippen LogP contribution in [0.1, 0.15) is 13.8 Å². The van der Waals surface area contributed by atoms with E-state index in [2.05, 4.69) is 25.3 Å². The van der Waals surface area contributed by atoms with Gasteiger partial charge in [0.2, 0.25) is 5.95 Å². The molecular formula is C22H22F4N4O2. The van der Waals surface area contributed by atoms with Gasteiger partial charge in [-0.25, -0.2) is 9.37 Å². The van der Waals surface area contributed by atoms with Crippen molar-refractivity contribution >= 4 is 17.5 Å². The number of rotatable bonds is 8. The van der Waals surface area contributed by atoms with Crippen molar-refractivity contribution in [2.75, 3.05) is 17.2 Å². The lowest BCUT2D eigenvalue weighted by Crippen LogP contribution is -2.30. The molecule has 10 heteroatoms. The van der Waals surface area contributed by atoms with Gasteiger partial charge in [0, 0.05) is 17.3 Å². The van der Waals surface area contributed by atoms with Crippen molar-refractivity contribution in [2.24, 2.45) is 5.92 Å². The Morgan fingerprint density at radius 2 is 1.78 bits per heavy atom. The highest BCUT2D eigenvalue weighted by atomic mass is 19.4. The highest BCUT2D eigenvalue weighted by Gasteiger charge is 2.31. The van der Waals surface area contributed by atoms with Gasteiger partial charge in [-0.2, -0.15) is 4.98 Å². The van der Waals surface area contributed by atoms with Gasteiger partial charge >= 0.3 is 6.36 Å². The first-order chi connectivity index (χ1) is 15.1. The molecular weight excluding hydrogens is 428 g/mol. The summed E-state index contributed by atoms with van der Waals surface area (Å²) in [6.45, 7) is 3.63. The Bertz CT molecular complexity index is 1060. The maximum absolute atomic E-state index is 13.6. The predicted octanol–water partition coefficient (Wildman–Crippen LogP) is 5.35. The highest BCUT2D eigenvalue weighted by molar-refractivity contribution is 5.68. The normalized spacial score (nSPS) is 12.5. The van der Waals surface area contributed by atoms with Crippen LogP contribution in [0.15, 0.2) is 54.6 Å². The van der Waals surface area contributed by atoms with Crippen molar-refractivity contribution in [3.05, 3.63) is 60.4 Å². The largest absolute Gasteiger partial charge is 0.573 e. The van der Waals surface area contributed by atoms with Gasteiger partial charge in [-0.15, -0.1) is 13.2 Å². The fourth-order valence-electron chi connectivity index (χ4n) is 2.88. The molecule has 1 atom stereocenters. The smallest absolute Gasteiger partial charge is 0.406 e. The summed E-state index contributed by atoms with van der Waals surface area (Å²) in [7, 11) is 0. The zero-order valence-electron chi connectivity index (χ0n) is 17.3. The van der Waals surface area contributed by atoms with Crippen LogP contribution in [-0.4, -0.2) is 34.1 Å². The van der Waals surface area contributed by atoms with E-state index in [-0.39, 0.29) is 30.3 Å². The second-order valence-corrected chi connectivity index (χ2v) is 7.35. The number of nitrogens with one attached hydrogen (secondary N) is 2. The third kappa shape index (κ3) is 6.55. The van der Waals surface area contributed by atoms with Crippen molar-refractivity contribution in [2.45, 2.75) is 26.3 Å². The first-order valence-electron chi connectivity index (χ1n) is 9.78. The molecule has 0 amide bonds. The Kier molecular flexibility index (Phi) is 7.14. The van der Waals surface area contributed by atoms with Crippen LogP contribution >= 0.6 is 0 Å². The molecule has 0 saturated carbocycles. The second-order valence-electron chi connectivity index (χ2n) is 7.35. The molecule has 2 aromatic carbocycles. The first kappa shape index (κ1) is 23.3. The maximum Gasteiger partial charge on any atom is 0.573 e. The molecule has 0 aliphatic rings. The lowest BCUT2D eigenvalue weighted by Gasteiger charge is -2.21. The molecule has 0 aliphatic carbocycles. The van der Waals surface area contributed by atoms with Crippen molar-refractivity contribution < 1.29 is 27.4 Å². The molecule has 0 fully saturated rings. The molecule has 0 radical (unpaired) electrons. The Balaban J connectivity index is 2.00. The average molecular weight is 450 g/mol. The summed E-state index contributed by atoms with van der Waals surface area (Å²) in [5, 5.41) is 15.6. The molecule has 0 saturated heterocycles. The predicted molar refractivity (Wildman–Crippen MR) is 113 cm³/mol. The Morgan fingerprint density at radius 3 is 2.44 bits per heavy atom. The number of alkyl halides is 3. The number of aliphatic hydroxyl groups is 1. The summed E-state index contributed by atoms with van der Waals surface area (Å²) in [5.41, 5.74) is 1.08. The van der Waals surface area contributed by atoms with Gasteiger partial charge in [-0.1, -0.05) is 32.0 Å². The van der Waals surface area contributed by atoms with Crippen LogP contribution in [0.5, 0.6) is 5.75 Å².